The third-order valence-corrected chi connectivity index (χ3v) is 5.29. The van der Waals surface area contributed by atoms with Crippen molar-refractivity contribution in [2.45, 2.75) is 18.9 Å². The largest absolute Gasteiger partial charge is 0.353 e. The monoisotopic (exact) mass is 399 g/mol. The van der Waals surface area contributed by atoms with Gasteiger partial charge in [-0.15, -0.1) is 15.3 Å². The SMILES string of the molecule is O=C(NC1CCCN(c2ccc3nnc(-c4ccccc4)n3n2)C1)c1cccnc1. The second-order valence-corrected chi connectivity index (χ2v) is 7.35. The highest BCUT2D eigenvalue weighted by Gasteiger charge is 2.23. The minimum Gasteiger partial charge on any atom is -0.353 e. The number of rotatable bonds is 4. The van der Waals surface area contributed by atoms with E-state index in [2.05, 4.69) is 25.4 Å². The molecule has 8 nitrogen and oxygen atoms in total. The van der Waals surface area contributed by atoms with E-state index in [0.717, 1.165) is 30.8 Å². The fraction of sp³-hybridized carbons (Fsp3) is 0.227. The van der Waals surface area contributed by atoms with Crippen LogP contribution < -0.4 is 10.2 Å². The molecule has 1 fully saturated rings. The Labute approximate surface area is 173 Å². The van der Waals surface area contributed by atoms with Gasteiger partial charge in [-0.2, -0.15) is 4.52 Å². The number of amides is 1. The van der Waals surface area contributed by atoms with Gasteiger partial charge in [0.05, 0.1) is 5.56 Å². The first-order chi connectivity index (χ1) is 14.8. The molecule has 0 spiro atoms. The van der Waals surface area contributed by atoms with Crippen molar-refractivity contribution >= 4 is 17.4 Å². The summed E-state index contributed by atoms with van der Waals surface area (Å²) in [5.41, 5.74) is 2.25. The van der Waals surface area contributed by atoms with Gasteiger partial charge in [0.15, 0.2) is 11.5 Å². The van der Waals surface area contributed by atoms with Crippen molar-refractivity contribution in [2.24, 2.45) is 0 Å². The second kappa shape index (κ2) is 7.90. The van der Waals surface area contributed by atoms with Crippen LogP contribution in [0.15, 0.2) is 67.0 Å². The number of aromatic nitrogens is 5. The molecule has 1 N–H and O–H groups in total. The molecule has 0 saturated carbocycles. The molecule has 4 heterocycles. The van der Waals surface area contributed by atoms with Crippen molar-refractivity contribution < 1.29 is 4.79 Å². The van der Waals surface area contributed by atoms with E-state index < -0.39 is 0 Å². The molecule has 1 atom stereocenters. The predicted molar refractivity (Wildman–Crippen MR) is 113 cm³/mol. The maximum absolute atomic E-state index is 12.5. The molecular weight excluding hydrogens is 378 g/mol. The number of nitrogens with zero attached hydrogens (tertiary/aromatic N) is 6. The lowest BCUT2D eigenvalue weighted by Crippen LogP contribution is -2.48. The smallest absolute Gasteiger partial charge is 0.253 e. The van der Waals surface area contributed by atoms with Crippen LogP contribution >= 0.6 is 0 Å². The highest BCUT2D eigenvalue weighted by atomic mass is 16.1. The summed E-state index contributed by atoms with van der Waals surface area (Å²) in [5, 5.41) is 16.5. The average molecular weight is 399 g/mol. The quantitative estimate of drug-likeness (QED) is 0.567. The van der Waals surface area contributed by atoms with Crippen molar-refractivity contribution in [3.8, 4) is 11.4 Å². The highest BCUT2D eigenvalue weighted by molar-refractivity contribution is 5.94. The van der Waals surface area contributed by atoms with Crippen LogP contribution in [-0.4, -0.2) is 49.8 Å². The third kappa shape index (κ3) is 3.59. The Bertz CT molecular complexity index is 1160. The van der Waals surface area contributed by atoms with Crippen LogP contribution in [0.3, 0.4) is 0 Å². The Morgan fingerprint density at radius 2 is 1.93 bits per heavy atom. The lowest BCUT2D eigenvalue weighted by Gasteiger charge is -2.33. The molecule has 150 valence electrons. The number of hydrogen-bond donors (Lipinski definition) is 1. The van der Waals surface area contributed by atoms with Gasteiger partial charge < -0.3 is 10.2 Å². The number of nitrogens with one attached hydrogen (secondary N) is 1. The zero-order valence-electron chi connectivity index (χ0n) is 16.3. The summed E-state index contributed by atoms with van der Waals surface area (Å²) in [6.07, 6.45) is 5.16. The lowest BCUT2D eigenvalue weighted by molar-refractivity contribution is 0.0932. The number of piperidine rings is 1. The van der Waals surface area contributed by atoms with E-state index in [0.29, 0.717) is 23.6 Å². The molecule has 30 heavy (non-hydrogen) atoms. The molecule has 8 heteroatoms. The van der Waals surface area contributed by atoms with Crippen LogP contribution in [0.4, 0.5) is 5.82 Å². The number of carbonyl (C=O) groups is 1. The molecule has 1 saturated heterocycles. The summed E-state index contributed by atoms with van der Waals surface area (Å²) in [4.78, 5) is 18.7. The summed E-state index contributed by atoms with van der Waals surface area (Å²) in [7, 11) is 0. The zero-order chi connectivity index (χ0) is 20.3. The number of anilines is 1. The Balaban J connectivity index is 1.36. The van der Waals surface area contributed by atoms with E-state index in [1.165, 1.54) is 0 Å². The van der Waals surface area contributed by atoms with Crippen molar-refractivity contribution in [3.05, 3.63) is 72.6 Å². The first-order valence-corrected chi connectivity index (χ1v) is 10.0. The van der Waals surface area contributed by atoms with Gasteiger partial charge in [0.25, 0.3) is 5.91 Å². The first-order valence-electron chi connectivity index (χ1n) is 10.0. The second-order valence-electron chi connectivity index (χ2n) is 7.35. The van der Waals surface area contributed by atoms with E-state index in [9.17, 15) is 4.79 Å². The van der Waals surface area contributed by atoms with Crippen molar-refractivity contribution in [1.29, 1.82) is 0 Å². The van der Waals surface area contributed by atoms with Crippen LogP contribution in [0.25, 0.3) is 17.0 Å². The maximum atomic E-state index is 12.5. The maximum Gasteiger partial charge on any atom is 0.253 e. The topological polar surface area (TPSA) is 88.3 Å². The third-order valence-electron chi connectivity index (χ3n) is 5.29. The van der Waals surface area contributed by atoms with Gasteiger partial charge in [-0.25, -0.2) is 0 Å². The molecule has 1 aliphatic heterocycles. The lowest BCUT2D eigenvalue weighted by atomic mass is 10.1. The van der Waals surface area contributed by atoms with E-state index in [4.69, 9.17) is 5.10 Å². The molecule has 3 aromatic heterocycles. The summed E-state index contributed by atoms with van der Waals surface area (Å²) < 4.78 is 1.78. The van der Waals surface area contributed by atoms with Gasteiger partial charge >= 0.3 is 0 Å². The molecule has 0 radical (unpaired) electrons. The summed E-state index contributed by atoms with van der Waals surface area (Å²) in [6, 6.07) is 17.4. The normalized spacial score (nSPS) is 16.5. The minimum absolute atomic E-state index is 0.0541. The summed E-state index contributed by atoms with van der Waals surface area (Å²) in [6.45, 7) is 1.59. The molecule has 1 aromatic carbocycles. The molecule has 1 aliphatic rings. The Morgan fingerprint density at radius 3 is 2.77 bits per heavy atom. The zero-order valence-corrected chi connectivity index (χ0v) is 16.3. The highest BCUT2D eigenvalue weighted by Crippen LogP contribution is 2.22. The van der Waals surface area contributed by atoms with Crippen molar-refractivity contribution in [3.63, 3.8) is 0 Å². The van der Waals surface area contributed by atoms with Crippen LogP contribution in [0.1, 0.15) is 23.2 Å². The van der Waals surface area contributed by atoms with Crippen molar-refractivity contribution in [1.82, 2.24) is 30.1 Å². The van der Waals surface area contributed by atoms with E-state index in [1.54, 1.807) is 29.0 Å². The molecule has 4 aromatic rings. The van der Waals surface area contributed by atoms with Crippen molar-refractivity contribution in [2.75, 3.05) is 18.0 Å². The van der Waals surface area contributed by atoms with E-state index >= 15 is 0 Å². The molecule has 1 unspecified atom stereocenters. The molecule has 0 aliphatic carbocycles. The fourth-order valence-electron chi connectivity index (χ4n) is 3.78. The standard InChI is InChI=1S/C22H21N7O/c30-22(17-8-4-12-23-14-17)24-18-9-5-13-28(15-18)20-11-10-19-25-26-21(29(19)27-20)16-6-2-1-3-7-16/h1-4,6-8,10-12,14,18H,5,9,13,15H2,(H,24,30). The van der Waals surface area contributed by atoms with Crippen LogP contribution in [0.5, 0.6) is 0 Å². The van der Waals surface area contributed by atoms with Gasteiger partial charge in [-0.1, -0.05) is 30.3 Å². The summed E-state index contributed by atoms with van der Waals surface area (Å²) in [5.74, 6) is 1.47. The first kappa shape index (κ1) is 18.2. The van der Waals surface area contributed by atoms with E-state index in [1.807, 2.05) is 42.5 Å². The van der Waals surface area contributed by atoms with Gasteiger partial charge in [-0.05, 0) is 37.1 Å². The Kier molecular flexibility index (Phi) is 4.80. The fourth-order valence-corrected chi connectivity index (χ4v) is 3.78. The van der Waals surface area contributed by atoms with Crippen LogP contribution in [0.2, 0.25) is 0 Å². The number of pyridine rings is 1. The van der Waals surface area contributed by atoms with E-state index in [-0.39, 0.29) is 11.9 Å². The van der Waals surface area contributed by atoms with Gasteiger partial charge in [0.1, 0.15) is 5.82 Å². The number of hydrogen-bond acceptors (Lipinski definition) is 6. The van der Waals surface area contributed by atoms with Gasteiger partial charge in [0.2, 0.25) is 0 Å². The molecular formula is C22H21N7O. The minimum atomic E-state index is -0.0939. The predicted octanol–water partition coefficient (Wildman–Crippen LogP) is 2.59. The average Bonchev–Trinajstić information content (AvgIpc) is 3.24. The van der Waals surface area contributed by atoms with Gasteiger partial charge in [-0.3, -0.25) is 9.78 Å². The van der Waals surface area contributed by atoms with Crippen LogP contribution in [-0.2, 0) is 0 Å². The molecule has 0 bridgehead atoms. The van der Waals surface area contributed by atoms with Gasteiger partial charge in [0, 0.05) is 37.1 Å². The Hall–Kier alpha value is -3.81. The Morgan fingerprint density at radius 1 is 1.03 bits per heavy atom. The summed E-state index contributed by atoms with van der Waals surface area (Å²) >= 11 is 0. The number of carbonyl (C=O) groups excluding carboxylic acids is 1. The number of fused-ring (bicyclic) bond motifs is 1. The number of benzene rings is 1. The molecule has 1 amide bonds. The van der Waals surface area contributed by atoms with Crippen LogP contribution in [0, 0.1) is 0 Å². The molecule has 5 rings (SSSR count).